The van der Waals surface area contributed by atoms with Crippen LogP contribution in [0.25, 0.3) is 0 Å². The maximum atomic E-state index is 13.0. The number of hydrogen-bond acceptors (Lipinski definition) is 1. The zero-order chi connectivity index (χ0) is 9.14. The Morgan fingerprint density at radius 2 is 2.08 bits per heavy atom. The first kappa shape index (κ1) is 9.20. The molecule has 0 radical (unpaired) electrons. The largest absolute Gasteiger partial charge is 0.313 e. The molecule has 1 nitrogen and oxygen atoms in total. The van der Waals surface area contributed by atoms with Crippen molar-refractivity contribution in [3.63, 3.8) is 0 Å². The van der Waals surface area contributed by atoms with Crippen LogP contribution in [0.5, 0.6) is 0 Å². The molecule has 1 aromatic carbocycles. The number of halogens is 1. The summed E-state index contributed by atoms with van der Waals surface area (Å²) >= 11 is 0. The molecule has 1 atom stereocenters. The van der Waals surface area contributed by atoms with Crippen molar-refractivity contribution in [1.82, 2.24) is 5.32 Å². The van der Waals surface area contributed by atoms with Gasteiger partial charge in [0.25, 0.3) is 0 Å². The average Bonchev–Trinajstić information content (AvgIpc) is 2.08. The second-order valence-electron chi connectivity index (χ2n) is 2.96. The van der Waals surface area contributed by atoms with Crippen LogP contribution in [0.15, 0.2) is 18.2 Å². The molecular formula is C10H14FN. The summed E-state index contributed by atoms with van der Waals surface area (Å²) in [5.74, 6) is -0.130. The maximum Gasteiger partial charge on any atom is 0.126 e. The minimum atomic E-state index is -0.130. The van der Waals surface area contributed by atoms with E-state index in [9.17, 15) is 4.39 Å². The van der Waals surface area contributed by atoms with Crippen LogP contribution in [0.4, 0.5) is 4.39 Å². The lowest BCUT2D eigenvalue weighted by Crippen LogP contribution is -2.13. The SMILES string of the molecule is CN[C@H](C)c1cccc(F)c1C. The molecule has 0 saturated heterocycles. The highest BCUT2D eigenvalue weighted by molar-refractivity contribution is 5.29. The van der Waals surface area contributed by atoms with E-state index < -0.39 is 0 Å². The van der Waals surface area contributed by atoms with E-state index in [-0.39, 0.29) is 11.9 Å². The van der Waals surface area contributed by atoms with Gasteiger partial charge in [0.05, 0.1) is 0 Å². The Morgan fingerprint density at radius 3 is 2.67 bits per heavy atom. The molecule has 2 heteroatoms. The van der Waals surface area contributed by atoms with Gasteiger partial charge in [-0.15, -0.1) is 0 Å². The van der Waals surface area contributed by atoms with Gasteiger partial charge in [-0.05, 0) is 38.1 Å². The van der Waals surface area contributed by atoms with Crippen LogP contribution in [-0.2, 0) is 0 Å². The van der Waals surface area contributed by atoms with Crippen molar-refractivity contribution in [2.45, 2.75) is 19.9 Å². The highest BCUT2D eigenvalue weighted by Gasteiger charge is 2.07. The Bertz CT molecular complexity index is 271. The molecule has 0 aliphatic heterocycles. The Balaban J connectivity index is 3.07. The maximum absolute atomic E-state index is 13.0. The van der Waals surface area contributed by atoms with Gasteiger partial charge in [0.15, 0.2) is 0 Å². The third kappa shape index (κ3) is 1.64. The minimum Gasteiger partial charge on any atom is -0.313 e. The second kappa shape index (κ2) is 3.68. The van der Waals surface area contributed by atoms with Crippen molar-refractivity contribution in [3.8, 4) is 0 Å². The van der Waals surface area contributed by atoms with Crippen molar-refractivity contribution in [2.24, 2.45) is 0 Å². The number of hydrogen-bond donors (Lipinski definition) is 1. The fourth-order valence-electron chi connectivity index (χ4n) is 1.25. The summed E-state index contributed by atoms with van der Waals surface area (Å²) in [6.45, 7) is 3.82. The summed E-state index contributed by atoms with van der Waals surface area (Å²) in [7, 11) is 1.87. The molecule has 0 spiro atoms. The van der Waals surface area contributed by atoms with Gasteiger partial charge in [-0.25, -0.2) is 4.39 Å². The zero-order valence-electron chi connectivity index (χ0n) is 7.69. The Morgan fingerprint density at radius 1 is 1.42 bits per heavy atom. The van der Waals surface area contributed by atoms with Gasteiger partial charge in [0, 0.05) is 6.04 Å². The molecule has 0 aromatic heterocycles. The highest BCUT2D eigenvalue weighted by atomic mass is 19.1. The molecular weight excluding hydrogens is 153 g/mol. The van der Waals surface area contributed by atoms with Crippen molar-refractivity contribution in [2.75, 3.05) is 7.05 Å². The van der Waals surface area contributed by atoms with Crippen LogP contribution in [-0.4, -0.2) is 7.05 Å². The molecule has 0 amide bonds. The van der Waals surface area contributed by atoms with Crippen molar-refractivity contribution in [1.29, 1.82) is 0 Å². The van der Waals surface area contributed by atoms with Gasteiger partial charge >= 0.3 is 0 Å². The van der Waals surface area contributed by atoms with Crippen LogP contribution in [0.1, 0.15) is 24.1 Å². The van der Waals surface area contributed by atoms with Gasteiger partial charge in [-0.2, -0.15) is 0 Å². The normalized spacial score (nSPS) is 13.0. The van der Waals surface area contributed by atoms with Gasteiger partial charge in [-0.3, -0.25) is 0 Å². The molecule has 0 aliphatic carbocycles. The van der Waals surface area contributed by atoms with E-state index in [4.69, 9.17) is 0 Å². The number of rotatable bonds is 2. The van der Waals surface area contributed by atoms with Gasteiger partial charge in [0.1, 0.15) is 5.82 Å². The molecule has 0 aliphatic rings. The first-order valence-electron chi connectivity index (χ1n) is 4.09. The molecule has 0 bridgehead atoms. The van der Waals surface area contributed by atoms with Crippen molar-refractivity contribution >= 4 is 0 Å². The fourth-order valence-corrected chi connectivity index (χ4v) is 1.25. The number of nitrogens with one attached hydrogen (secondary N) is 1. The first-order valence-corrected chi connectivity index (χ1v) is 4.09. The van der Waals surface area contributed by atoms with E-state index in [0.29, 0.717) is 0 Å². The fraction of sp³-hybridized carbons (Fsp3) is 0.400. The van der Waals surface area contributed by atoms with Crippen LogP contribution in [0.2, 0.25) is 0 Å². The van der Waals surface area contributed by atoms with Crippen molar-refractivity contribution < 1.29 is 4.39 Å². The average molecular weight is 167 g/mol. The van der Waals surface area contributed by atoms with Crippen LogP contribution >= 0.6 is 0 Å². The van der Waals surface area contributed by atoms with Gasteiger partial charge in [-0.1, -0.05) is 12.1 Å². The summed E-state index contributed by atoms with van der Waals surface area (Å²) in [5.41, 5.74) is 1.76. The summed E-state index contributed by atoms with van der Waals surface area (Å²) in [4.78, 5) is 0. The second-order valence-corrected chi connectivity index (χ2v) is 2.96. The third-order valence-corrected chi connectivity index (χ3v) is 2.21. The molecule has 66 valence electrons. The van der Waals surface area contributed by atoms with Crippen molar-refractivity contribution in [3.05, 3.63) is 35.1 Å². The van der Waals surface area contributed by atoms with Gasteiger partial charge in [0.2, 0.25) is 0 Å². The molecule has 1 aromatic rings. The molecule has 1 N–H and O–H groups in total. The molecule has 0 unspecified atom stereocenters. The first-order chi connectivity index (χ1) is 5.66. The Labute approximate surface area is 72.6 Å². The zero-order valence-corrected chi connectivity index (χ0v) is 7.69. The lowest BCUT2D eigenvalue weighted by atomic mass is 10.0. The monoisotopic (exact) mass is 167 g/mol. The van der Waals surface area contributed by atoms with Crippen LogP contribution < -0.4 is 5.32 Å². The molecule has 12 heavy (non-hydrogen) atoms. The predicted octanol–water partition coefficient (Wildman–Crippen LogP) is 2.41. The molecule has 0 saturated carbocycles. The van der Waals surface area contributed by atoms with Crippen LogP contribution in [0.3, 0.4) is 0 Å². The Hall–Kier alpha value is -0.890. The lowest BCUT2D eigenvalue weighted by Gasteiger charge is -2.13. The van der Waals surface area contributed by atoms with E-state index in [1.54, 1.807) is 13.0 Å². The summed E-state index contributed by atoms with van der Waals surface area (Å²) < 4.78 is 13.0. The number of benzene rings is 1. The van der Waals surface area contributed by atoms with E-state index in [1.165, 1.54) is 6.07 Å². The third-order valence-electron chi connectivity index (χ3n) is 2.21. The van der Waals surface area contributed by atoms with E-state index in [1.807, 2.05) is 20.0 Å². The predicted molar refractivity (Wildman–Crippen MR) is 48.6 cm³/mol. The summed E-state index contributed by atoms with van der Waals surface area (Å²) in [6, 6.07) is 5.38. The smallest absolute Gasteiger partial charge is 0.126 e. The lowest BCUT2D eigenvalue weighted by molar-refractivity contribution is 0.597. The van der Waals surface area contributed by atoms with Crippen LogP contribution in [0, 0.1) is 12.7 Å². The van der Waals surface area contributed by atoms with E-state index >= 15 is 0 Å². The quantitative estimate of drug-likeness (QED) is 0.713. The molecule has 0 fully saturated rings. The molecule has 0 heterocycles. The summed E-state index contributed by atoms with van der Waals surface area (Å²) in [5, 5.41) is 3.08. The Kier molecular flexibility index (Phi) is 2.82. The van der Waals surface area contributed by atoms with Gasteiger partial charge < -0.3 is 5.32 Å². The van der Waals surface area contributed by atoms with E-state index in [2.05, 4.69) is 5.32 Å². The minimum absolute atomic E-state index is 0.130. The standard InChI is InChI=1S/C10H14FN/c1-7-9(8(2)12-3)5-4-6-10(7)11/h4-6,8,12H,1-3H3/t8-/m1/s1. The highest BCUT2D eigenvalue weighted by Crippen LogP contribution is 2.18. The topological polar surface area (TPSA) is 12.0 Å². The van der Waals surface area contributed by atoms with E-state index in [0.717, 1.165) is 11.1 Å². The summed E-state index contributed by atoms with van der Waals surface area (Å²) in [6.07, 6.45) is 0. The molecule has 1 rings (SSSR count).